The molecule has 0 fully saturated rings. The molecule has 18 heavy (non-hydrogen) atoms. The number of amides is 1. The molecule has 94 valence electrons. The lowest BCUT2D eigenvalue weighted by Crippen LogP contribution is -2.27. The van der Waals surface area contributed by atoms with Crippen LogP contribution < -0.4 is 5.32 Å². The summed E-state index contributed by atoms with van der Waals surface area (Å²) >= 11 is 11.6. The third kappa shape index (κ3) is 2.80. The van der Waals surface area contributed by atoms with Crippen molar-refractivity contribution in [2.75, 3.05) is 0 Å². The molecular formula is C11H10Cl2N4O. The average Bonchev–Trinajstić information content (AvgIpc) is 2.86. The van der Waals surface area contributed by atoms with Gasteiger partial charge in [-0.3, -0.25) is 9.89 Å². The molecule has 0 aliphatic rings. The Kier molecular flexibility index (Phi) is 3.84. The van der Waals surface area contributed by atoms with E-state index in [1.807, 2.05) is 0 Å². The van der Waals surface area contributed by atoms with Crippen molar-refractivity contribution in [2.45, 2.75) is 13.0 Å². The van der Waals surface area contributed by atoms with Crippen LogP contribution in [0.25, 0.3) is 0 Å². The van der Waals surface area contributed by atoms with E-state index in [2.05, 4.69) is 20.5 Å². The highest BCUT2D eigenvalue weighted by molar-refractivity contribution is 6.42. The number of rotatable bonds is 3. The lowest BCUT2D eigenvalue weighted by atomic mass is 10.2. The number of hydrogen-bond donors (Lipinski definition) is 2. The van der Waals surface area contributed by atoms with Gasteiger partial charge in [-0.1, -0.05) is 23.2 Å². The quantitative estimate of drug-likeness (QED) is 0.910. The fraction of sp³-hybridized carbons (Fsp3) is 0.182. The average molecular weight is 285 g/mol. The number of benzene rings is 1. The smallest absolute Gasteiger partial charge is 0.251 e. The zero-order valence-electron chi connectivity index (χ0n) is 9.45. The van der Waals surface area contributed by atoms with Gasteiger partial charge in [0.15, 0.2) is 0 Å². The molecule has 0 saturated carbocycles. The first-order valence-electron chi connectivity index (χ1n) is 5.19. The number of hydrogen-bond acceptors (Lipinski definition) is 3. The molecule has 1 amide bonds. The zero-order chi connectivity index (χ0) is 13.1. The summed E-state index contributed by atoms with van der Waals surface area (Å²) < 4.78 is 0. The second-order valence-electron chi connectivity index (χ2n) is 3.69. The monoisotopic (exact) mass is 284 g/mol. The molecule has 2 aromatic rings. The molecule has 2 N–H and O–H groups in total. The molecule has 0 radical (unpaired) electrons. The van der Waals surface area contributed by atoms with Gasteiger partial charge in [0, 0.05) is 5.56 Å². The van der Waals surface area contributed by atoms with Gasteiger partial charge in [0.25, 0.3) is 5.91 Å². The maximum Gasteiger partial charge on any atom is 0.251 e. The first-order valence-corrected chi connectivity index (χ1v) is 5.94. The Morgan fingerprint density at radius 2 is 2.17 bits per heavy atom. The van der Waals surface area contributed by atoms with Gasteiger partial charge in [-0.05, 0) is 25.1 Å². The summed E-state index contributed by atoms with van der Waals surface area (Å²) in [4.78, 5) is 15.9. The first-order chi connectivity index (χ1) is 8.58. The number of aromatic amines is 1. The molecule has 2 rings (SSSR count). The molecule has 0 spiro atoms. The van der Waals surface area contributed by atoms with Gasteiger partial charge < -0.3 is 5.32 Å². The molecule has 1 aromatic carbocycles. The van der Waals surface area contributed by atoms with E-state index in [4.69, 9.17) is 23.2 Å². The van der Waals surface area contributed by atoms with Crippen LogP contribution in [0.2, 0.25) is 10.0 Å². The Hall–Kier alpha value is -1.59. The van der Waals surface area contributed by atoms with Crippen LogP contribution in [0.3, 0.4) is 0 Å². The van der Waals surface area contributed by atoms with Crippen molar-refractivity contribution in [3.05, 3.63) is 46.0 Å². The molecule has 7 heteroatoms. The lowest BCUT2D eigenvalue weighted by Gasteiger charge is -2.11. The molecule has 0 aliphatic heterocycles. The van der Waals surface area contributed by atoms with Crippen LogP contribution in [0.5, 0.6) is 0 Å². The maximum absolute atomic E-state index is 11.9. The van der Waals surface area contributed by atoms with Crippen molar-refractivity contribution in [3.63, 3.8) is 0 Å². The predicted molar refractivity (Wildman–Crippen MR) is 68.7 cm³/mol. The molecule has 0 saturated heterocycles. The predicted octanol–water partition coefficient (Wildman–Crippen LogP) is 2.60. The molecule has 1 atom stereocenters. The highest BCUT2D eigenvalue weighted by Gasteiger charge is 2.14. The van der Waals surface area contributed by atoms with Gasteiger partial charge in [0.2, 0.25) is 0 Å². The number of nitrogens with zero attached hydrogens (tertiary/aromatic N) is 2. The summed E-state index contributed by atoms with van der Waals surface area (Å²) in [5.41, 5.74) is 0.441. The van der Waals surface area contributed by atoms with Crippen LogP contribution in [-0.4, -0.2) is 21.1 Å². The fourth-order valence-electron chi connectivity index (χ4n) is 1.41. The van der Waals surface area contributed by atoms with Gasteiger partial charge in [-0.15, -0.1) is 0 Å². The van der Waals surface area contributed by atoms with Crippen molar-refractivity contribution in [3.8, 4) is 0 Å². The van der Waals surface area contributed by atoms with Crippen LogP contribution in [0.4, 0.5) is 0 Å². The number of aromatic nitrogens is 3. The van der Waals surface area contributed by atoms with E-state index in [-0.39, 0.29) is 11.9 Å². The Morgan fingerprint density at radius 3 is 2.78 bits per heavy atom. The largest absolute Gasteiger partial charge is 0.342 e. The van der Waals surface area contributed by atoms with E-state index < -0.39 is 0 Å². The molecular weight excluding hydrogens is 275 g/mol. The SMILES string of the molecule is CC(NC(=O)c1ccc(Cl)c(Cl)c1)c1ncn[nH]1. The minimum Gasteiger partial charge on any atom is -0.342 e. The van der Waals surface area contributed by atoms with Crippen LogP contribution in [0, 0.1) is 0 Å². The van der Waals surface area contributed by atoms with E-state index in [0.29, 0.717) is 21.4 Å². The van der Waals surface area contributed by atoms with Crippen LogP contribution >= 0.6 is 23.2 Å². The molecule has 1 aromatic heterocycles. The first kappa shape index (κ1) is 12.9. The highest BCUT2D eigenvalue weighted by atomic mass is 35.5. The van der Waals surface area contributed by atoms with Gasteiger partial charge in [-0.25, -0.2) is 4.98 Å². The van der Waals surface area contributed by atoms with E-state index >= 15 is 0 Å². The molecule has 0 aliphatic carbocycles. The summed E-state index contributed by atoms with van der Waals surface area (Å²) in [5.74, 6) is 0.334. The Morgan fingerprint density at radius 1 is 1.39 bits per heavy atom. The van der Waals surface area contributed by atoms with E-state index in [1.54, 1.807) is 19.1 Å². The topological polar surface area (TPSA) is 70.7 Å². The van der Waals surface area contributed by atoms with Crippen molar-refractivity contribution in [1.29, 1.82) is 0 Å². The minimum absolute atomic E-state index is 0.252. The van der Waals surface area contributed by atoms with Crippen LogP contribution in [0.15, 0.2) is 24.5 Å². The van der Waals surface area contributed by atoms with Gasteiger partial charge in [-0.2, -0.15) is 5.10 Å². The van der Waals surface area contributed by atoms with Gasteiger partial charge in [0.05, 0.1) is 16.1 Å². The Balaban J connectivity index is 2.10. The molecule has 5 nitrogen and oxygen atoms in total. The Bertz CT molecular complexity index is 556. The van der Waals surface area contributed by atoms with E-state index in [9.17, 15) is 4.79 Å². The highest BCUT2D eigenvalue weighted by Crippen LogP contribution is 2.22. The summed E-state index contributed by atoms with van der Waals surface area (Å²) in [6, 6.07) is 4.44. The second-order valence-corrected chi connectivity index (χ2v) is 4.51. The summed E-state index contributed by atoms with van der Waals surface area (Å²) in [7, 11) is 0. The molecule has 1 heterocycles. The molecule has 0 bridgehead atoms. The second kappa shape index (κ2) is 5.37. The van der Waals surface area contributed by atoms with Crippen molar-refractivity contribution >= 4 is 29.1 Å². The van der Waals surface area contributed by atoms with Gasteiger partial charge in [0.1, 0.15) is 12.2 Å². The number of H-pyrrole nitrogens is 1. The Labute approximate surface area is 114 Å². The van der Waals surface area contributed by atoms with Crippen LogP contribution in [-0.2, 0) is 0 Å². The zero-order valence-corrected chi connectivity index (χ0v) is 11.0. The van der Waals surface area contributed by atoms with E-state index in [1.165, 1.54) is 12.4 Å². The maximum atomic E-state index is 11.9. The van der Waals surface area contributed by atoms with Crippen LogP contribution in [0.1, 0.15) is 29.1 Å². The summed E-state index contributed by atoms with van der Waals surface area (Å²) in [6.07, 6.45) is 1.39. The fourth-order valence-corrected chi connectivity index (χ4v) is 1.71. The van der Waals surface area contributed by atoms with Crippen molar-refractivity contribution in [1.82, 2.24) is 20.5 Å². The third-order valence-corrected chi connectivity index (χ3v) is 3.11. The standard InChI is InChI=1S/C11H10Cl2N4O/c1-6(10-14-5-15-17-10)16-11(18)7-2-3-8(12)9(13)4-7/h2-6H,1H3,(H,16,18)(H,14,15,17). The number of halogens is 2. The molecule has 1 unspecified atom stereocenters. The van der Waals surface area contributed by atoms with Gasteiger partial charge >= 0.3 is 0 Å². The van der Waals surface area contributed by atoms with Crippen molar-refractivity contribution in [2.24, 2.45) is 0 Å². The van der Waals surface area contributed by atoms with E-state index in [0.717, 1.165) is 0 Å². The summed E-state index contributed by atoms with van der Waals surface area (Å²) in [6.45, 7) is 1.80. The number of carbonyl (C=O) groups excluding carboxylic acids is 1. The number of nitrogens with one attached hydrogen (secondary N) is 2. The lowest BCUT2D eigenvalue weighted by molar-refractivity contribution is 0.0938. The number of carbonyl (C=O) groups is 1. The minimum atomic E-state index is -0.269. The summed E-state index contributed by atoms with van der Waals surface area (Å²) in [5, 5.41) is 9.94. The van der Waals surface area contributed by atoms with Crippen molar-refractivity contribution < 1.29 is 4.79 Å². The third-order valence-electron chi connectivity index (χ3n) is 2.37. The normalized spacial score (nSPS) is 12.2.